The van der Waals surface area contributed by atoms with Crippen LogP contribution >= 0.6 is 0 Å². The molecule has 0 bridgehead atoms. The van der Waals surface area contributed by atoms with Crippen molar-refractivity contribution in [1.82, 2.24) is 0 Å². The standard InChI is InChI=1S/C14H24N2O/c1-14(2,3)10-16(4)13-8-12(17-5)7-6-11(13)9-15/h6-8H,9-10,15H2,1-5H3. The summed E-state index contributed by atoms with van der Waals surface area (Å²) in [6.45, 7) is 8.21. The lowest BCUT2D eigenvalue weighted by molar-refractivity contribution is 0.410. The summed E-state index contributed by atoms with van der Waals surface area (Å²) in [7, 11) is 3.78. The number of ether oxygens (including phenoxy) is 1. The SMILES string of the molecule is COc1ccc(CN)c(N(C)CC(C)(C)C)c1. The highest BCUT2D eigenvalue weighted by atomic mass is 16.5. The van der Waals surface area contributed by atoms with Crippen molar-refractivity contribution in [3.63, 3.8) is 0 Å². The number of anilines is 1. The van der Waals surface area contributed by atoms with Gasteiger partial charge >= 0.3 is 0 Å². The lowest BCUT2D eigenvalue weighted by atomic mass is 9.95. The average molecular weight is 236 g/mol. The van der Waals surface area contributed by atoms with E-state index in [-0.39, 0.29) is 5.41 Å². The minimum absolute atomic E-state index is 0.254. The molecule has 1 rings (SSSR count). The van der Waals surface area contributed by atoms with Gasteiger partial charge in [-0.05, 0) is 17.0 Å². The quantitative estimate of drug-likeness (QED) is 0.873. The van der Waals surface area contributed by atoms with Gasteiger partial charge in [0.05, 0.1) is 7.11 Å². The molecule has 0 saturated carbocycles. The van der Waals surface area contributed by atoms with Gasteiger partial charge in [-0.15, -0.1) is 0 Å². The van der Waals surface area contributed by atoms with Crippen molar-refractivity contribution < 1.29 is 4.74 Å². The Morgan fingerprint density at radius 2 is 1.94 bits per heavy atom. The van der Waals surface area contributed by atoms with E-state index in [1.54, 1.807) is 7.11 Å². The number of rotatable bonds is 4. The number of methoxy groups -OCH3 is 1. The summed E-state index contributed by atoms with van der Waals surface area (Å²) in [5.41, 5.74) is 8.33. The first kappa shape index (κ1) is 13.8. The Morgan fingerprint density at radius 3 is 2.41 bits per heavy atom. The van der Waals surface area contributed by atoms with Gasteiger partial charge in [0, 0.05) is 31.9 Å². The van der Waals surface area contributed by atoms with Crippen molar-refractivity contribution in [3.8, 4) is 5.75 Å². The average Bonchev–Trinajstić information content (AvgIpc) is 2.25. The van der Waals surface area contributed by atoms with Crippen molar-refractivity contribution in [2.24, 2.45) is 11.1 Å². The summed E-state index contributed by atoms with van der Waals surface area (Å²) in [5, 5.41) is 0. The van der Waals surface area contributed by atoms with Crippen LogP contribution in [0.1, 0.15) is 26.3 Å². The van der Waals surface area contributed by atoms with Gasteiger partial charge in [-0.1, -0.05) is 26.8 Å². The second-order valence-electron chi connectivity index (χ2n) is 5.62. The van der Waals surface area contributed by atoms with Gasteiger partial charge in [-0.2, -0.15) is 0 Å². The normalized spacial score (nSPS) is 11.4. The molecule has 0 atom stereocenters. The maximum absolute atomic E-state index is 5.78. The van der Waals surface area contributed by atoms with Crippen LogP contribution in [-0.4, -0.2) is 20.7 Å². The Bertz CT molecular complexity index is 369. The second kappa shape index (κ2) is 5.41. The highest BCUT2D eigenvalue weighted by Gasteiger charge is 2.16. The lowest BCUT2D eigenvalue weighted by Crippen LogP contribution is -2.30. The van der Waals surface area contributed by atoms with Crippen LogP contribution in [0, 0.1) is 5.41 Å². The second-order valence-corrected chi connectivity index (χ2v) is 5.62. The molecule has 0 spiro atoms. The van der Waals surface area contributed by atoms with Gasteiger partial charge in [0.2, 0.25) is 0 Å². The minimum Gasteiger partial charge on any atom is -0.497 e. The van der Waals surface area contributed by atoms with E-state index in [0.717, 1.165) is 23.5 Å². The molecule has 0 aliphatic carbocycles. The van der Waals surface area contributed by atoms with Crippen LogP contribution in [-0.2, 0) is 6.54 Å². The molecule has 0 heterocycles. The van der Waals surface area contributed by atoms with Crippen LogP contribution in [0.25, 0.3) is 0 Å². The van der Waals surface area contributed by atoms with Gasteiger partial charge in [-0.3, -0.25) is 0 Å². The number of nitrogens with two attached hydrogens (primary N) is 1. The van der Waals surface area contributed by atoms with Crippen molar-refractivity contribution in [2.75, 3.05) is 25.6 Å². The Kier molecular flexibility index (Phi) is 4.40. The van der Waals surface area contributed by atoms with E-state index in [1.165, 1.54) is 0 Å². The van der Waals surface area contributed by atoms with Crippen LogP contribution in [0.15, 0.2) is 18.2 Å². The molecule has 96 valence electrons. The van der Waals surface area contributed by atoms with Crippen LogP contribution in [0.2, 0.25) is 0 Å². The monoisotopic (exact) mass is 236 g/mol. The molecule has 0 fully saturated rings. The molecule has 17 heavy (non-hydrogen) atoms. The first-order valence-electron chi connectivity index (χ1n) is 5.95. The molecule has 2 N–H and O–H groups in total. The van der Waals surface area contributed by atoms with E-state index in [4.69, 9.17) is 10.5 Å². The highest BCUT2D eigenvalue weighted by molar-refractivity contribution is 5.57. The number of hydrogen-bond donors (Lipinski definition) is 1. The Morgan fingerprint density at radius 1 is 1.29 bits per heavy atom. The zero-order valence-corrected chi connectivity index (χ0v) is 11.6. The third-order valence-corrected chi connectivity index (χ3v) is 2.64. The van der Waals surface area contributed by atoms with E-state index in [1.807, 2.05) is 18.2 Å². The van der Waals surface area contributed by atoms with E-state index >= 15 is 0 Å². The first-order valence-corrected chi connectivity index (χ1v) is 5.95. The van der Waals surface area contributed by atoms with Crippen LogP contribution < -0.4 is 15.4 Å². The zero-order chi connectivity index (χ0) is 13.1. The van der Waals surface area contributed by atoms with E-state index < -0.39 is 0 Å². The topological polar surface area (TPSA) is 38.5 Å². The lowest BCUT2D eigenvalue weighted by Gasteiger charge is -2.30. The fourth-order valence-corrected chi connectivity index (χ4v) is 2.00. The molecule has 0 aliphatic heterocycles. The molecular weight excluding hydrogens is 212 g/mol. The van der Waals surface area contributed by atoms with E-state index in [9.17, 15) is 0 Å². The predicted molar refractivity (Wildman–Crippen MR) is 73.6 cm³/mol. The summed E-state index contributed by atoms with van der Waals surface area (Å²) in [6, 6.07) is 6.04. The zero-order valence-electron chi connectivity index (χ0n) is 11.6. The van der Waals surface area contributed by atoms with Crippen molar-refractivity contribution in [3.05, 3.63) is 23.8 Å². The number of hydrogen-bond acceptors (Lipinski definition) is 3. The van der Waals surface area contributed by atoms with Crippen LogP contribution in [0.3, 0.4) is 0 Å². The molecule has 0 radical (unpaired) electrons. The van der Waals surface area contributed by atoms with Crippen molar-refractivity contribution >= 4 is 5.69 Å². The van der Waals surface area contributed by atoms with Gasteiger partial charge in [0.25, 0.3) is 0 Å². The summed E-state index contributed by atoms with van der Waals surface area (Å²) in [4.78, 5) is 2.24. The molecule has 0 unspecified atom stereocenters. The molecule has 3 nitrogen and oxygen atoms in total. The largest absolute Gasteiger partial charge is 0.497 e. The summed E-state index contributed by atoms with van der Waals surface area (Å²) >= 11 is 0. The molecule has 0 aliphatic rings. The van der Waals surface area contributed by atoms with Gasteiger partial charge in [0.15, 0.2) is 0 Å². The van der Waals surface area contributed by atoms with Gasteiger partial charge in [-0.25, -0.2) is 0 Å². The summed E-state index contributed by atoms with van der Waals surface area (Å²) in [5.74, 6) is 0.873. The molecule has 0 aromatic heterocycles. The Balaban J connectivity index is 3.01. The van der Waals surface area contributed by atoms with E-state index in [0.29, 0.717) is 6.54 Å². The summed E-state index contributed by atoms with van der Waals surface area (Å²) < 4.78 is 5.27. The number of benzene rings is 1. The Hall–Kier alpha value is -1.22. The van der Waals surface area contributed by atoms with Crippen molar-refractivity contribution in [1.29, 1.82) is 0 Å². The fourth-order valence-electron chi connectivity index (χ4n) is 2.00. The summed E-state index contributed by atoms with van der Waals surface area (Å²) in [6.07, 6.45) is 0. The van der Waals surface area contributed by atoms with Gasteiger partial charge < -0.3 is 15.4 Å². The fraction of sp³-hybridized carbons (Fsp3) is 0.571. The third kappa shape index (κ3) is 3.93. The molecule has 0 saturated heterocycles. The predicted octanol–water partition coefficient (Wildman–Crippen LogP) is 2.64. The molecular formula is C14H24N2O. The molecule has 3 heteroatoms. The Labute approximate surface area is 105 Å². The molecule has 1 aromatic rings. The maximum Gasteiger partial charge on any atom is 0.120 e. The van der Waals surface area contributed by atoms with E-state index in [2.05, 4.69) is 32.7 Å². The first-order chi connectivity index (χ1) is 7.87. The highest BCUT2D eigenvalue weighted by Crippen LogP contribution is 2.27. The minimum atomic E-state index is 0.254. The smallest absolute Gasteiger partial charge is 0.120 e. The van der Waals surface area contributed by atoms with Crippen molar-refractivity contribution in [2.45, 2.75) is 27.3 Å². The van der Waals surface area contributed by atoms with Crippen LogP contribution in [0.4, 0.5) is 5.69 Å². The molecule has 1 aromatic carbocycles. The third-order valence-electron chi connectivity index (χ3n) is 2.64. The number of nitrogens with zero attached hydrogens (tertiary/aromatic N) is 1. The molecule has 0 amide bonds. The maximum atomic E-state index is 5.78. The van der Waals surface area contributed by atoms with Crippen LogP contribution in [0.5, 0.6) is 5.75 Å². The van der Waals surface area contributed by atoms with Gasteiger partial charge in [0.1, 0.15) is 5.75 Å².